The van der Waals surface area contributed by atoms with E-state index in [1.807, 2.05) is 0 Å². The third kappa shape index (κ3) is 4.46. The molecule has 0 radical (unpaired) electrons. The lowest BCUT2D eigenvalue weighted by Crippen LogP contribution is -2.13. The van der Waals surface area contributed by atoms with Crippen LogP contribution in [0.1, 0.15) is 13.8 Å². The standard InChI is InChI=1S/C5H10O4S/c1-3-10(7,8)9-4-5(2)6/h3-4H2,1-2H3. The Bertz CT molecular complexity index is 204. The fraction of sp³-hybridized carbons (Fsp3) is 0.800. The average molecular weight is 166 g/mol. The molecule has 0 aromatic carbocycles. The molecule has 0 spiro atoms. The highest BCUT2D eigenvalue weighted by Crippen LogP contribution is 1.91. The van der Waals surface area contributed by atoms with E-state index in [1.165, 1.54) is 13.8 Å². The smallest absolute Gasteiger partial charge is 0.267 e. The topological polar surface area (TPSA) is 60.4 Å². The maximum absolute atomic E-state index is 10.5. The molecule has 0 saturated carbocycles. The zero-order valence-electron chi connectivity index (χ0n) is 5.96. The van der Waals surface area contributed by atoms with Gasteiger partial charge in [0.15, 0.2) is 5.78 Å². The Morgan fingerprint density at radius 2 is 2.00 bits per heavy atom. The summed E-state index contributed by atoms with van der Waals surface area (Å²) >= 11 is 0. The molecule has 0 heterocycles. The zero-order valence-corrected chi connectivity index (χ0v) is 6.77. The van der Waals surface area contributed by atoms with Crippen molar-refractivity contribution in [3.63, 3.8) is 0 Å². The molecule has 10 heavy (non-hydrogen) atoms. The van der Waals surface area contributed by atoms with Gasteiger partial charge >= 0.3 is 0 Å². The first-order valence-electron chi connectivity index (χ1n) is 2.84. The number of hydrogen-bond donors (Lipinski definition) is 0. The normalized spacial score (nSPS) is 11.4. The van der Waals surface area contributed by atoms with Gasteiger partial charge in [-0.1, -0.05) is 0 Å². The van der Waals surface area contributed by atoms with Crippen molar-refractivity contribution in [2.24, 2.45) is 0 Å². The molecule has 0 fully saturated rings. The summed E-state index contributed by atoms with van der Waals surface area (Å²) in [6.45, 7) is 2.37. The highest BCUT2D eigenvalue weighted by atomic mass is 32.2. The first-order chi connectivity index (χ1) is 4.48. The van der Waals surface area contributed by atoms with Crippen molar-refractivity contribution in [2.45, 2.75) is 13.8 Å². The molecule has 0 atom stereocenters. The third-order valence-electron chi connectivity index (χ3n) is 0.795. The second kappa shape index (κ2) is 3.68. The molecule has 0 rings (SSSR count). The van der Waals surface area contributed by atoms with Gasteiger partial charge in [0.05, 0.1) is 5.75 Å². The monoisotopic (exact) mass is 166 g/mol. The van der Waals surface area contributed by atoms with Gasteiger partial charge in [-0.3, -0.25) is 8.98 Å². The van der Waals surface area contributed by atoms with E-state index in [4.69, 9.17) is 0 Å². The van der Waals surface area contributed by atoms with Gasteiger partial charge in [-0.15, -0.1) is 0 Å². The van der Waals surface area contributed by atoms with Crippen molar-refractivity contribution in [3.8, 4) is 0 Å². The number of hydrogen-bond acceptors (Lipinski definition) is 4. The van der Waals surface area contributed by atoms with Crippen LogP contribution in [0.4, 0.5) is 0 Å². The van der Waals surface area contributed by atoms with Crippen molar-refractivity contribution < 1.29 is 17.4 Å². The Kier molecular flexibility index (Phi) is 3.52. The van der Waals surface area contributed by atoms with E-state index in [-0.39, 0.29) is 18.1 Å². The lowest BCUT2D eigenvalue weighted by atomic mass is 10.5. The minimum Gasteiger partial charge on any atom is -0.297 e. The summed E-state index contributed by atoms with van der Waals surface area (Å²) in [4.78, 5) is 10.2. The van der Waals surface area contributed by atoms with Crippen LogP contribution >= 0.6 is 0 Å². The van der Waals surface area contributed by atoms with E-state index < -0.39 is 10.1 Å². The fourth-order valence-corrected chi connectivity index (χ4v) is 0.768. The molecule has 0 aromatic heterocycles. The Hall–Kier alpha value is -0.420. The highest BCUT2D eigenvalue weighted by molar-refractivity contribution is 7.86. The summed E-state index contributed by atoms with van der Waals surface area (Å²) in [7, 11) is -3.44. The van der Waals surface area contributed by atoms with Crippen LogP contribution in [0.25, 0.3) is 0 Å². The summed E-state index contributed by atoms with van der Waals surface area (Å²) in [6.07, 6.45) is 0. The van der Waals surface area contributed by atoms with Gasteiger partial charge in [-0.25, -0.2) is 0 Å². The number of ketones is 1. The Balaban J connectivity index is 3.81. The highest BCUT2D eigenvalue weighted by Gasteiger charge is 2.07. The first-order valence-corrected chi connectivity index (χ1v) is 4.42. The minimum absolute atomic E-state index is 0.0969. The van der Waals surface area contributed by atoms with Crippen molar-refractivity contribution in [3.05, 3.63) is 0 Å². The van der Waals surface area contributed by atoms with Gasteiger partial charge < -0.3 is 0 Å². The average Bonchev–Trinajstić information content (AvgIpc) is 1.85. The molecule has 0 amide bonds. The number of carbonyl (C=O) groups is 1. The summed E-state index contributed by atoms with van der Waals surface area (Å²) in [5.74, 6) is -0.391. The summed E-state index contributed by atoms with van der Waals surface area (Å²) in [6, 6.07) is 0. The molecule has 0 aromatic rings. The Morgan fingerprint density at radius 3 is 2.30 bits per heavy atom. The van der Waals surface area contributed by atoms with Crippen LogP contribution < -0.4 is 0 Å². The molecule has 0 aliphatic carbocycles. The molecule has 60 valence electrons. The second-order valence-corrected chi connectivity index (χ2v) is 3.74. The molecule has 5 heteroatoms. The van der Waals surface area contributed by atoms with Gasteiger partial charge in [0.1, 0.15) is 6.61 Å². The van der Waals surface area contributed by atoms with Gasteiger partial charge in [0.25, 0.3) is 10.1 Å². The number of rotatable bonds is 4. The van der Waals surface area contributed by atoms with Crippen LogP contribution in [0.15, 0.2) is 0 Å². The van der Waals surface area contributed by atoms with E-state index in [0.717, 1.165) is 0 Å². The van der Waals surface area contributed by atoms with Crippen molar-refractivity contribution in [1.82, 2.24) is 0 Å². The van der Waals surface area contributed by atoms with E-state index >= 15 is 0 Å². The number of Topliss-reactive ketones (excluding diaryl/α,β-unsaturated/α-hetero) is 1. The van der Waals surface area contributed by atoms with E-state index in [0.29, 0.717) is 0 Å². The molecule has 0 N–H and O–H groups in total. The maximum Gasteiger partial charge on any atom is 0.267 e. The van der Waals surface area contributed by atoms with Gasteiger partial charge in [0.2, 0.25) is 0 Å². The zero-order chi connectivity index (χ0) is 8.20. The second-order valence-electron chi connectivity index (χ2n) is 1.81. The largest absolute Gasteiger partial charge is 0.297 e. The van der Waals surface area contributed by atoms with E-state index in [9.17, 15) is 13.2 Å². The lowest BCUT2D eigenvalue weighted by molar-refractivity contribution is -0.118. The molecular weight excluding hydrogens is 156 g/mol. The summed E-state index contributed by atoms with van der Waals surface area (Å²) in [5, 5.41) is 0. The predicted molar refractivity (Wildman–Crippen MR) is 36.1 cm³/mol. The van der Waals surface area contributed by atoms with Crippen molar-refractivity contribution in [2.75, 3.05) is 12.4 Å². The molecule has 0 bridgehead atoms. The lowest BCUT2D eigenvalue weighted by Gasteiger charge is -1.98. The molecule has 0 unspecified atom stereocenters. The fourth-order valence-electron chi connectivity index (χ4n) is 0.256. The Morgan fingerprint density at radius 1 is 1.50 bits per heavy atom. The van der Waals surface area contributed by atoms with Crippen LogP contribution in [0.3, 0.4) is 0 Å². The van der Waals surface area contributed by atoms with Crippen LogP contribution in [0, 0.1) is 0 Å². The van der Waals surface area contributed by atoms with E-state index in [2.05, 4.69) is 4.18 Å². The van der Waals surface area contributed by atoms with Crippen molar-refractivity contribution in [1.29, 1.82) is 0 Å². The van der Waals surface area contributed by atoms with Gasteiger partial charge in [-0.2, -0.15) is 8.42 Å². The maximum atomic E-state index is 10.5. The molecular formula is C5H10O4S. The molecule has 0 saturated heterocycles. The predicted octanol–water partition coefficient (Wildman–Crippen LogP) is -0.0583. The van der Waals surface area contributed by atoms with E-state index in [1.54, 1.807) is 0 Å². The quantitative estimate of drug-likeness (QED) is 0.549. The third-order valence-corrected chi connectivity index (χ3v) is 1.98. The Labute approximate surface area is 60.3 Å². The summed E-state index contributed by atoms with van der Waals surface area (Å²) in [5.41, 5.74) is 0. The molecule has 0 aliphatic heterocycles. The first kappa shape index (κ1) is 9.58. The van der Waals surface area contributed by atoms with Gasteiger partial charge in [0, 0.05) is 0 Å². The van der Waals surface area contributed by atoms with Crippen LogP contribution in [0.5, 0.6) is 0 Å². The minimum atomic E-state index is -3.44. The van der Waals surface area contributed by atoms with Gasteiger partial charge in [-0.05, 0) is 13.8 Å². The van der Waals surface area contributed by atoms with Crippen LogP contribution in [0.2, 0.25) is 0 Å². The van der Waals surface area contributed by atoms with Crippen LogP contribution in [-0.2, 0) is 19.1 Å². The molecule has 0 aliphatic rings. The molecule has 4 nitrogen and oxygen atoms in total. The van der Waals surface area contributed by atoms with Crippen molar-refractivity contribution >= 4 is 15.9 Å². The number of carbonyl (C=O) groups excluding carboxylic acids is 1. The van der Waals surface area contributed by atoms with Crippen LogP contribution in [-0.4, -0.2) is 26.6 Å². The SMILES string of the molecule is CCS(=O)(=O)OCC(C)=O. The summed E-state index contributed by atoms with van der Waals surface area (Å²) < 4.78 is 25.3.